The summed E-state index contributed by atoms with van der Waals surface area (Å²) in [6.07, 6.45) is 2.14. The van der Waals surface area contributed by atoms with Crippen molar-refractivity contribution >= 4 is 29.2 Å². The van der Waals surface area contributed by atoms with E-state index in [0.717, 1.165) is 35.4 Å². The van der Waals surface area contributed by atoms with E-state index in [2.05, 4.69) is 23.0 Å². The molecule has 2 aromatic rings. The molecule has 0 bridgehead atoms. The second-order valence-electron chi connectivity index (χ2n) is 8.39. The van der Waals surface area contributed by atoms with Crippen molar-refractivity contribution < 1.29 is 9.59 Å². The maximum absolute atomic E-state index is 13.3. The summed E-state index contributed by atoms with van der Waals surface area (Å²) in [7, 11) is 0. The number of carbonyl (C=O) groups excluding carboxylic acids is 2. The van der Waals surface area contributed by atoms with E-state index in [4.69, 9.17) is 11.6 Å². The molecule has 3 N–H and O–H groups in total. The number of amides is 3. The highest BCUT2D eigenvalue weighted by atomic mass is 35.5. The second kappa shape index (κ2) is 8.48. The molecular formula is C24H26ClN5O2. The molecule has 1 saturated heterocycles. The summed E-state index contributed by atoms with van der Waals surface area (Å²) in [5.74, 6) is -0.0798. The van der Waals surface area contributed by atoms with Gasteiger partial charge >= 0.3 is 6.03 Å². The van der Waals surface area contributed by atoms with E-state index in [1.807, 2.05) is 48.5 Å². The smallest absolute Gasteiger partial charge is 0.322 e. The lowest BCUT2D eigenvalue weighted by atomic mass is 10.0. The van der Waals surface area contributed by atoms with Crippen molar-refractivity contribution in [1.29, 1.82) is 0 Å². The molecule has 1 fully saturated rings. The van der Waals surface area contributed by atoms with E-state index in [-0.39, 0.29) is 30.7 Å². The van der Waals surface area contributed by atoms with Crippen LogP contribution in [0.3, 0.4) is 0 Å². The lowest BCUT2D eigenvalue weighted by Gasteiger charge is -2.39. The van der Waals surface area contributed by atoms with Crippen molar-refractivity contribution in [2.24, 2.45) is 0 Å². The van der Waals surface area contributed by atoms with Gasteiger partial charge in [0.25, 0.3) is 5.91 Å². The third-order valence-corrected chi connectivity index (χ3v) is 6.73. The van der Waals surface area contributed by atoms with Gasteiger partial charge in [-0.05, 0) is 35.7 Å². The minimum absolute atomic E-state index is 0.0447. The van der Waals surface area contributed by atoms with Gasteiger partial charge in [-0.3, -0.25) is 9.80 Å². The van der Waals surface area contributed by atoms with Crippen LogP contribution in [0.15, 0.2) is 59.8 Å². The number of nitrogens with zero attached hydrogens (tertiary/aromatic N) is 2. The standard InChI is InChI=1S/C24H26ClN5O2/c1-2-15-6-5-7-16(12-15)26-24(32)29-11-10-20-18(14-29)23(31)30-22(27-20)13-21(28-30)17-8-3-4-9-19(17)25/h3-9,12,21-22,27-28H,2,10-11,13-14H2,1H3,(H,26,32). The summed E-state index contributed by atoms with van der Waals surface area (Å²) in [5.41, 5.74) is 7.80. The molecule has 3 amide bonds. The summed E-state index contributed by atoms with van der Waals surface area (Å²) in [6, 6.07) is 15.3. The Hall–Kier alpha value is -3.03. The summed E-state index contributed by atoms with van der Waals surface area (Å²) in [5, 5.41) is 8.82. The van der Waals surface area contributed by atoms with Gasteiger partial charge in [0.15, 0.2) is 0 Å². The van der Waals surface area contributed by atoms with Crippen LogP contribution in [0.25, 0.3) is 0 Å². The Kier molecular flexibility index (Phi) is 5.53. The Morgan fingerprint density at radius 2 is 2.06 bits per heavy atom. The van der Waals surface area contributed by atoms with Crippen LogP contribution in [-0.4, -0.2) is 41.1 Å². The van der Waals surface area contributed by atoms with E-state index in [1.54, 1.807) is 9.91 Å². The fourth-order valence-electron chi connectivity index (χ4n) is 4.63. The molecule has 32 heavy (non-hydrogen) atoms. The number of halogens is 1. The first-order valence-electron chi connectivity index (χ1n) is 11.0. The minimum Gasteiger partial charge on any atom is -0.367 e. The minimum atomic E-state index is -0.192. The summed E-state index contributed by atoms with van der Waals surface area (Å²) < 4.78 is 0. The molecule has 2 unspecified atom stereocenters. The molecule has 3 aliphatic rings. The van der Waals surface area contributed by atoms with Crippen LogP contribution in [0.5, 0.6) is 0 Å². The fourth-order valence-corrected chi connectivity index (χ4v) is 4.89. The highest BCUT2D eigenvalue weighted by molar-refractivity contribution is 6.31. The van der Waals surface area contributed by atoms with E-state index < -0.39 is 0 Å². The van der Waals surface area contributed by atoms with Crippen molar-refractivity contribution in [1.82, 2.24) is 20.7 Å². The van der Waals surface area contributed by atoms with Gasteiger partial charge in [-0.15, -0.1) is 0 Å². The first-order chi connectivity index (χ1) is 15.5. The van der Waals surface area contributed by atoms with Crippen LogP contribution >= 0.6 is 11.6 Å². The van der Waals surface area contributed by atoms with E-state index in [9.17, 15) is 9.59 Å². The van der Waals surface area contributed by atoms with Gasteiger partial charge in [0.2, 0.25) is 0 Å². The van der Waals surface area contributed by atoms with Crippen LogP contribution in [-0.2, 0) is 11.2 Å². The maximum Gasteiger partial charge on any atom is 0.322 e. The summed E-state index contributed by atoms with van der Waals surface area (Å²) >= 11 is 6.37. The first-order valence-corrected chi connectivity index (χ1v) is 11.4. The number of anilines is 1. The number of rotatable bonds is 3. The van der Waals surface area contributed by atoms with Gasteiger partial charge in [-0.1, -0.05) is 48.9 Å². The topological polar surface area (TPSA) is 76.7 Å². The number of aryl methyl sites for hydroxylation is 1. The Labute approximate surface area is 192 Å². The Bertz CT molecular complexity index is 1100. The third-order valence-electron chi connectivity index (χ3n) is 6.38. The zero-order valence-electron chi connectivity index (χ0n) is 17.9. The highest BCUT2D eigenvalue weighted by Gasteiger charge is 2.43. The maximum atomic E-state index is 13.3. The highest BCUT2D eigenvalue weighted by Crippen LogP contribution is 2.35. The number of nitrogens with one attached hydrogen (secondary N) is 3. The lowest BCUT2D eigenvalue weighted by Crippen LogP contribution is -2.57. The van der Waals surface area contributed by atoms with Gasteiger partial charge < -0.3 is 15.5 Å². The van der Waals surface area contributed by atoms with Gasteiger partial charge in [-0.25, -0.2) is 10.2 Å². The quantitative estimate of drug-likeness (QED) is 0.663. The molecule has 0 aromatic heterocycles. The van der Waals surface area contributed by atoms with Crippen LogP contribution < -0.4 is 16.1 Å². The molecule has 0 radical (unpaired) electrons. The van der Waals surface area contributed by atoms with E-state index in [1.165, 1.54) is 0 Å². The molecule has 0 saturated carbocycles. The monoisotopic (exact) mass is 451 g/mol. The normalized spacial score (nSPS) is 22.4. The van der Waals surface area contributed by atoms with Crippen LogP contribution in [0.1, 0.15) is 36.9 Å². The molecule has 166 valence electrons. The summed E-state index contributed by atoms with van der Waals surface area (Å²) in [6.45, 7) is 2.92. The van der Waals surface area contributed by atoms with Crippen molar-refractivity contribution in [3.8, 4) is 0 Å². The zero-order valence-corrected chi connectivity index (χ0v) is 18.7. The summed E-state index contributed by atoms with van der Waals surface area (Å²) in [4.78, 5) is 27.8. The average molecular weight is 452 g/mol. The molecule has 0 spiro atoms. The second-order valence-corrected chi connectivity index (χ2v) is 8.79. The number of carbonyl (C=O) groups is 2. The number of urea groups is 1. The molecule has 3 aliphatic heterocycles. The molecule has 7 nitrogen and oxygen atoms in total. The van der Waals surface area contributed by atoms with Crippen molar-refractivity contribution in [3.05, 3.63) is 76.0 Å². The molecule has 5 rings (SSSR count). The molecule has 2 atom stereocenters. The zero-order chi connectivity index (χ0) is 22.2. The average Bonchev–Trinajstić information content (AvgIpc) is 3.23. The predicted molar refractivity (Wildman–Crippen MR) is 124 cm³/mol. The van der Waals surface area contributed by atoms with Gasteiger partial charge in [0, 0.05) is 35.8 Å². The lowest BCUT2D eigenvalue weighted by molar-refractivity contribution is -0.133. The molecule has 8 heteroatoms. The Morgan fingerprint density at radius 1 is 1.22 bits per heavy atom. The molecular weight excluding hydrogens is 426 g/mol. The van der Waals surface area contributed by atoms with Gasteiger partial charge in [0.1, 0.15) is 6.17 Å². The SMILES string of the molecule is CCc1cccc(NC(=O)N2CCC3=C(C2)C(=O)N2NC(c4ccccc4Cl)CC2N3)c1. The van der Waals surface area contributed by atoms with Crippen molar-refractivity contribution in [2.75, 3.05) is 18.4 Å². The van der Waals surface area contributed by atoms with E-state index in [0.29, 0.717) is 23.6 Å². The number of hydrogen-bond donors (Lipinski definition) is 3. The predicted octanol–water partition coefficient (Wildman–Crippen LogP) is 3.80. The van der Waals surface area contributed by atoms with Crippen molar-refractivity contribution in [3.63, 3.8) is 0 Å². The molecule has 2 aromatic carbocycles. The Morgan fingerprint density at radius 3 is 2.88 bits per heavy atom. The fraction of sp³-hybridized carbons (Fsp3) is 0.333. The number of fused-ring (bicyclic) bond motifs is 1. The van der Waals surface area contributed by atoms with Gasteiger partial charge in [0.05, 0.1) is 18.2 Å². The van der Waals surface area contributed by atoms with E-state index >= 15 is 0 Å². The van der Waals surface area contributed by atoms with Crippen LogP contribution in [0.2, 0.25) is 5.02 Å². The molecule has 3 heterocycles. The van der Waals surface area contributed by atoms with Crippen molar-refractivity contribution in [2.45, 2.75) is 38.4 Å². The van der Waals surface area contributed by atoms with Gasteiger partial charge in [-0.2, -0.15) is 0 Å². The Balaban J connectivity index is 1.28. The number of benzene rings is 2. The van der Waals surface area contributed by atoms with Crippen LogP contribution in [0.4, 0.5) is 10.5 Å². The first kappa shape index (κ1) is 20.8. The van der Waals surface area contributed by atoms with Crippen LogP contribution in [0, 0.1) is 0 Å². The molecule has 0 aliphatic carbocycles. The largest absolute Gasteiger partial charge is 0.367 e. The third kappa shape index (κ3) is 3.82. The number of hydrogen-bond acceptors (Lipinski definition) is 4. The number of hydrazine groups is 1.